The number of aromatic amines is 1. The summed E-state index contributed by atoms with van der Waals surface area (Å²) < 4.78 is 22.5. The molecule has 3 aromatic rings. The average Bonchev–Trinajstić information content (AvgIpc) is 2.75. The smallest absolute Gasteiger partial charge is 0.268 e. The van der Waals surface area contributed by atoms with Gasteiger partial charge in [-0.25, -0.2) is 4.39 Å². The first kappa shape index (κ1) is 24.3. The van der Waals surface area contributed by atoms with E-state index in [1.165, 1.54) is 25.4 Å². The molecule has 0 saturated carbocycles. The number of benzene rings is 1. The number of aryl methyl sites for hydroxylation is 1. The summed E-state index contributed by atoms with van der Waals surface area (Å²) in [6.07, 6.45) is 4.23. The summed E-state index contributed by atoms with van der Waals surface area (Å²) in [4.78, 5) is 30.6. The van der Waals surface area contributed by atoms with Crippen molar-refractivity contribution in [2.45, 2.75) is 32.3 Å². The number of ether oxygens (including phenoxy) is 2. The molecule has 1 aromatic carbocycles. The van der Waals surface area contributed by atoms with Crippen LogP contribution in [0.1, 0.15) is 35.9 Å². The number of aromatic nitrogens is 2. The molecule has 0 aliphatic rings. The van der Waals surface area contributed by atoms with Crippen LogP contribution in [0.15, 0.2) is 41.3 Å². The summed E-state index contributed by atoms with van der Waals surface area (Å²) >= 11 is 5.49. The summed E-state index contributed by atoms with van der Waals surface area (Å²) in [5.74, 6) is -0.796. The molecule has 1 amide bonds. The van der Waals surface area contributed by atoms with Crippen molar-refractivity contribution in [1.82, 2.24) is 9.97 Å². The maximum absolute atomic E-state index is 12.6. The van der Waals surface area contributed by atoms with E-state index in [0.29, 0.717) is 11.3 Å². The van der Waals surface area contributed by atoms with E-state index >= 15 is 0 Å². The van der Waals surface area contributed by atoms with Crippen LogP contribution in [0.4, 0.5) is 4.39 Å². The number of fused-ring (bicyclic) bond motifs is 1. The fourth-order valence-corrected chi connectivity index (χ4v) is 3.12. The molecule has 3 rings (SSSR count). The number of nitrogens with two attached hydrogens (primary N) is 1. The Kier molecular flexibility index (Phi) is 8.96. The molecule has 31 heavy (non-hydrogen) atoms. The van der Waals surface area contributed by atoms with E-state index in [2.05, 4.69) is 9.97 Å². The topological polar surface area (TPSA) is 107 Å². The van der Waals surface area contributed by atoms with Gasteiger partial charge in [0, 0.05) is 25.1 Å². The summed E-state index contributed by atoms with van der Waals surface area (Å²) in [5.41, 5.74) is 6.43. The number of methoxy groups -OCH3 is 2. The number of amides is 1. The number of nitrogens with zero attached hydrogens (tertiary/aromatic N) is 1. The van der Waals surface area contributed by atoms with Gasteiger partial charge in [0.05, 0.1) is 24.1 Å². The first-order valence-corrected chi connectivity index (χ1v) is 9.97. The highest BCUT2D eigenvalue weighted by Crippen LogP contribution is 2.25. The SMILES string of the molecule is COC(C)CCCc1cc(=O)c2c(C(N)=O)nccc2[nH]1.COc1cccc(F)c1Cl. The molecule has 7 nitrogen and oxygen atoms in total. The van der Waals surface area contributed by atoms with E-state index in [1.807, 2.05) is 6.92 Å². The Balaban J connectivity index is 0.000000285. The lowest BCUT2D eigenvalue weighted by atomic mass is 10.1. The van der Waals surface area contributed by atoms with Crippen LogP contribution in [-0.2, 0) is 11.2 Å². The van der Waals surface area contributed by atoms with Crippen molar-refractivity contribution in [3.05, 3.63) is 69.0 Å². The number of pyridine rings is 2. The number of nitrogens with one attached hydrogen (secondary N) is 1. The van der Waals surface area contributed by atoms with Crippen molar-refractivity contribution in [3.63, 3.8) is 0 Å². The number of hydrogen-bond donors (Lipinski definition) is 2. The number of primary amides is 1. The second-order valence-corrected chi connectivity index (χ2v) is 7.18. The third-order valence-electron chi connectivity index (χ3n) is 4.63. The number of carbonyl (C=O) groups is 1. The average molecular weight is 450 g/mol. The minimum Gasteiger partial charge on any atom is -0.495 e. The van der Waals surface area contributed by atoms with Crippen LogP contribution in [0, 0.1) is 5.82 Å². The van der Waals surface area contributed by atoms with Gasteiger partial charge in [-0.3, -0.25) is 14.6 Å². The van der Waals surface area contributed by atoms with Crippen LogP contribution in [0.3, 0.4) is 0 Å². The quantitative estimate of drug-likeness (QED) is 0.569. The summed E-state index contributed by atoms with van der Waals surface area (Å²) in [7, 11) is 3.13. The number of rotatable bonds is 7. The van der Waals surface area contributed by atoms with Crippen molar-refractivity contribution in [1.29, 1.82) is 0 Å². The van der Waals surface area contributed by atoms with Gasteiger partial charge in [-0.05, 0) is 44.4 Å². The van der Waals surface area contributed by atoms with Gasteiger partial charge in [0.1, 0.15) is 22.3 Å². The molecule has 0 fully saturated rings. The van der Waals surface area contributed by atoms with E-state index in [4.69, 9.17) is 26.8 Å². The molecule has 0 aliphatic heterocycles. The Morgan fingerprint density at radius 3 is 2.68 bits per heavy atom. The van der Waals surface area contributed by atoms with E-state index in [9.17, 15) is 14.0 Å². The second-order valence-electron chi connectivity index (χ2n) is 6.80. The van der Waals surface area contributed by atoms with E-state index in [-0.39, 0.29) is 27.6 Å². The fraction of sp³-hybridized carbons (Fsp3) is 0.318. The zero-order valence-electron chi connectivity index (χ0n) is 17.6. The Hall–Kier alpha value is -2.97. The van der Waals surface area contributed by atoms with Crippen molar-refractivity contribution in [2.75, 3.05) is 14.2 Å². The molecule has 1 atom stereocenters. The van der Waals surface area contributed by atoms with Crippen molar-refractivity contribution >= 4 is 28.4 Å². The molecule has 2 aromatic heterocycles. The van der Waals surface area contributed by atoms with Gasteiger partial charge in [-0.15, -0.1) is 0 Å². The standard InChI is InChI=1S/C15H19N3O3.C7H6ClFO/c1-9(21-2)4-3-5-10-8-12(19)13-11(18-10)6-7-17-14(13)15(16)20;1-10-6-4-2-3-5(9)7(6)8/h6-9H,3-5H2,1-2H3,(H2,16,20)(H,18,19);2-4H,1H3. The Bertz CT molecular complexity index is 1100. The van der Waals surface area contributed by atoms with Gasteiger partial charge in [0.2, 0.25) is 0 Å². The molecule has 0 aliphatic carbocycles. The molecule has 0 spiro atoms. The lowest BCUT2D eigenvalue weighted by Gasteiger charge is -2.09. The van der Waals surface area contributed by atoms with Crippen LogP contribution in [0.5, 0.6) is 5.75 Å². The van der Waals surface area contributed by atoms with Crippen LogP contribution < -0.4 is 15.9 Å². The van der Waals surface area contributed by atoms with E-state index in [1.54, 1.807) is 25.3 Å². The normalized spacial score (nSPS) is 11.5. The monoisotopic (exact) mass is 449 g/mol. The molecular formula is C22H25ClFN3O4. The highest BCUT2D eigenvalue weighted by atomic mass is 35.5. The lowest BCUT2D eigenvalue weighted by molar-refractivity contribution is 0.0997. The van der Waals surface area contributed by atoms with Crippen LogP contribution in [0.2, 0.25) is 5.02 Å². The molecule has 3 N–H and O–H groups in total. The lowest BCUT2D eigenvalue weighted by Crippen LogP contribution is -2.18. The van der Waals surface area contributed by atoms with Crippen molar-refractivity contribution < 1.29 is 18.7 Å². The molecule has 9 heteroatoms. The van der Waals surface area contributed by atoms with Gasteiger partial charge in [0.25, 0.3) is 5.91 Å². The zero-order chi connectivity index (χ0) is 23.0. The summed E-state index contributed by atoms with van der Waals surface area (Å²) in [5, 5.41) is 0.281. The highest BCUT2D eigenvalue weighted by molar-refractivity contribution is 6.32. The van der Waals surface area contributed by atoms with Gasteiger partial charge in [-0.1, -0.05) is 17.7 Å². The predicted octanol–water partition coefficient (Wildman–Crippen LogP) is 3.87. The summed E-state index contributed by atoms with van der Waals surface area (Å²) in [6.45, 7) is 2.01. The van der Waals surface area contributed by atoms with Gasteiger partial charge >= 0.3 is 0 Å². The number of carbonyl (C=O) groups excluding carboxylic acids is 1. The Labute approximate surface area is 184 Å². The largest absolute Gasteiger partial charge is 0.495 e. The Morgan fingerprint density at radius 2 is 2.06 bits per heavy atom. The van der Waals surface area contributed by atoms with Crippen LogP contribution in [0.25, 0.3) is 10.9 Å². The number of halogens is 2. The van der Waals surface area contributed by atoms with Crippen molar-refractivity contribution in [2.24, 2.45) is 5.73 Å². The second kappa shape index (κ2) is 11.4. The molecule has 0 radical (unpaired) electrons. The van der Waals surface area contributed by atoms with E-state index < -0.39 is 11.7 Å². The molecule has 2 heterocycles. The van der Waals surface area contributed by atoms with E-state index in [0.717, 1.165) is 25.0 Å². The van der Waals surface area contributed by atoms with Gasteiger partial charge in [-0.2, -0.15) is 0 Å². The molecular weight excluding hydrogens is 425 g/mol. The minimum atomic E-state index is -0.701. The van der Waals surface area contributed by atoms with Crippen LogP contribution in [-0.4, -0.2) is 36.2 Å². The van der Waals surface area contributed by atoms with Gasteiger partial charge < -0.3 is 20.2 Å². The Morgan fingerprint density at radius 1 is 1.32 bits per heavy atom. The first-order chi connectivity index (χ1) is 14.8. The first-order valence-electron chi connectivity index (χ1n) is 9.60. The van der Waals surface area contributed by atoms with Gasteiger partial charge in [0.15, 0.2) is 5.43 Å². The van der Waals surface area contributed by atoms with Crippen molar-refractivity contribution in [3.8, 4) is 5.75 Å². The van der Waals surface area contributed by atoms with Crippen LogP contribution >= 0.6 is 11.6 Å². The molecule has 0 saturated heterocycles. The third-order valence-corrected chi connectivity index (χ3v) is 4.99. The zero-order valence-corrected chi connectivity index (χ0v) is 18.3. The maximum Gasteiger partial charge on any atom is 0.268 e. The number of hydrogen-bond acceptors (Lipinski definition) is 5. The molecule has 1 unspecified atom stereocenters. The molecule has 0 bridgehead atoms. The number of H-pyrrole nitrogens is 1. The maximum atomic E-state index is 12.6. The minimum absolute atomic E-state index is 0.00769. The highest BCUT2D eigenvalue weighted by Gasteiger charge is 2.12. The third kappa shape index (κ3) is 6.50. The predicted molar refractivity (Wildman–Crippen MR) is 118 cm³/mol. The summed E-state index contributed by atoms with van der Waals surface area (Å²) in [6, 6.07) is 7.61. The molecule has 166 valence electrons. The fourth-order valence-electron chi connectivity index (χ4n) is 2.92.